The first-order valence-electron chi connectivity index (χ1n) is 3.23. The van der Waals surface area contributed by atoms with Crippen molar-refractivity contribution in [2.45, 2.75) is 13.8 Å². The fraction of sp³-hybridized carbons (Fsp3) is 0.500. The Morgan fingerprint density at radius 2 is 2.08 bits per heavy atom. The molecule has 12 heavy (non-hydrogen) atoms. The van der Waals surface area contributed by atoms with Crippen molar-refractivity contribution in [3.63, 3.8) is 0 Å². The van der Waals surface area contributed by atoms with Crippen molar-refractivity contribution >= 4 is 17.0 Å². The first-order valence-corrected chi connectivity index (χ1v) is 4.32. The Kier molecular flexibility index (Phi) is 5.11. The van der Waals surface area contributed by atoms with Crippen LogP contribution in [0.5, 0.6) is 0 Å². The number of hydrogen-bond acceptors (Lipinski definition) is 5. The third kappa shape index (κ3) is 4.73. The number of ether oxygens (including phenoxy) is 1. The number of carbonyl (C=O) groups is 1. The van der Waals surface area contributed by atoms with Crippen molar-refractivity contribution in [2.24, 2.45) is 0 Å². The molecular weight excluding hydrogens is 184 g/mol. The maximum Gasteiger partial charge on any atom is 0.352 e. The second kappa shape index (κ2) is 5.59. The van der Waals surface area contributed by atoms with Gasteiger partial charge in [0.25, 0.3) is 0 Å². The lowest BCUT2D eigenvalue weighted by Gasteiger charge is -1.97. The van der Waals surface area contributed by atoms with Gasteiger partial charge in [-0.1, -0.05) is 0 Å². The Morgan fingerprint density at radius 1 is 1.50 bits per heavy atom. The topological polar surface area (TPSA) is 69.7 Å². The van der Waals surface area contributed by atoms with Crippen LogP contribution in [0.2, 0.25) is 0 Å². The van der Waals surface area contributed by atoms with Gasteiger partial charge in [-0.2, -0.15) is 8.42 Å². The van der Waals surface area contributed by atoms with E-state index in [1.54, 1.807) is 6.92 Å². The molecule has 0 atom stereocenters. The molecule has 0 fully saturated rings. The van der Waals surface area contributed by atoms with Crippen LogP contribution in [0.25, 0.3) is 0 Å². The maximum atomic E-state index is 10.7. The molecular formula is C6H10O5S. The molecule has 0 aliphatic heterocycles. The third-order valence-corrected chi connectivity index (χ3v) is 1.22. The van der Waals surface area contributed by atoms with Crippen molar-refractivity contribution in [3.05, 3.63) is 11.8 Å². The van der Waals surface area contributed by atoms with Crippen LogP contribution in [0.15, 0.2) is 11.8 Å². The van der Waals surface area contributed by atoms with Gasteiger partial charge in [0.05, 0.1) is 18.4 Å². The molecule has 0 N–H and O–H groups in total. The highest BCUT2D eigenvalue weighted by Gasteiger charge is 2.06. The maximum absolute atomic E-state index is 10.7. The predicted molar refractivity (Wildman–Crippen MR) is 41.8 cm³/mol. The first kappa shape index (κ1) is 11.0. The Balaban J connectivity index is 4.09. The number of thiol groups is 1. The van der Waals surface area contributed by atoms with E-state index in [9.17, 15) is 13.2 Å². The van der Waals surface area contributed by atoms with E-state index in [-0.39, 0.29) is 5.57 Å². The van der Waals surface area contributed by atoms with E-state index in [2.05, 4.69) is 4.18 Å². The molecule has 0 aromatic carbocycles. The summed E-state index contributed by atoms with van der Waals surface area (Å²) < 4.78 is 28.4. The van der Waals surface area contributed by atoms with Gasteiger partial charge in [-0.05, 0) is 13.8 Å². The zero-order chi connectivity index (χ0) is 9.56. The predicted octanol–water partition coefficient (Wildman–Crippen LogP) is -0.00370. The van der Waals surface area contributed by atoms with Crippen LogP contribution in [0.4, 0.5) is 0 Å². The molecule has 5 nitrogen and oxygen atoms in total. The van der Waals surface area contributed by atoms with E-state index in [4.69, 9.17) is 4.74 Å². The normalized spacial score (nSPS) is 11.4. The van der Waals surface area contributed by atoms with Gasteiger partial charge in [0.15, 0.2) is 0 Å². The molecule has 0 spiro atoms. The Labute approximate surface area is 72.1 Å². The van der Waals surface area contributed by atoms with E-state index < -0.39 is 17.0 Å². The minimum atomic E-state index is -3.13. The Morgan fingerprint density at radius 3 is 2.50 bits per heavy atom. The highest BCUT2D eigenvalue weighted by Crippen LogP contribution is 1.96. The summed E-state index contributed by atoms with van der Waals surface area (Å²) in [6, 6.07) is 0. The summed E-state index contributed by atoms with van der Waals surface area (Å²) in [6.45, 7) is 3.55. The van der Waals surface area contributed by atoms with E-state index in [0.29, 0.717) is 6.61 Å². The standard InChI is InChI=1S/C6H10O5S/c1-3-10-4-5(2)6(7)11-12(8)9/h4,12H,3H2,1-2H3. The van der Waals surface area contributed by atoms with Crippen LogP contribution in [0, 0.1) is 0 Å². The zero-order valence-corrected chi connectivity index (χ0v) is 7.67. The highest BCUT2D eigenvalue weighted by molar-refractivity contribution is 7.67. The monoisotopic (exact) mass is 194 g/mol. The van der Waals surface area contributed by atoms with E-state index in [1.165, 1.54) is 6.92 Å². The molecule has 0 aliphatic rings. The zero-order valence-electron chi connectivity index (χ0n) is 6.77. The molecule has 0 rings (SSSR count). The smallest absolute Gasteiger partial charge is 0.352 e. The fourth-order valence-electron chi connectivity index (χ4n) is 0.396. The Bertz CT molecular complexity index is 245. The summed E-state index contributed by atoms with van der Waals surface area (Å²) in [5.41, 5.74) is 0.107. The summed E-state index contributed by atoms with van der Waals surface area (Å²) in [5, 5.41) is 0. The van der Waals surface area contributed by atoms with Gasteiger partial charge in [0.2, 0.25) is 0 Å². The average Bonchev–Trinajstić information content (AvgIpc) is 1.98. The average molecular weight is 194 g/mol. The minimum absolute atomic E-state index is 0.107. The van der Waals surface area contributed by atoms with Crippen molar-refractivity contribution in [3.8, 4) is 0 Å². The molecule has 0 aliphatic carbocycles. The second-order valence-corrected chi connectivity index (χ2v) is 2.49. The minimum Gasteiger partial charge on any atom is -0.501 e. The van der Waals surface area contributed by atoms with Gasteiger partial charge in [0, 0.05) is 0 Å². The van der Waals surface area contributed by atoms with Crippen LogP contribution in [-0.2, 0) is 24.7 Å². The second-order valence-electron chi connectivity index (χ2n) is 1.86. The SMILES string of the molecule is CCOC=C(C)C(=O)O[SH](=O)=O. The summed E-state index contributed by atoms with van der Waals surface area (Å²) in [6.07, 6.45) is 1.15. The van der Waals surface area contributed by atoms with Gasteiger partial charge < -0.3 is 8.92 Å². The quantitative estimate of drug-likeness (QED) is 0.387. The molecule has 6 heteroatoms. The van der Waals surface area contributed by atoms with Crippen molar-refractivity contribution < 1.29 is 22.1 Å². The van der Waals surface area contributed by atoms with Gasteiger partial charge in [-0.3, -0.25) is 0 Å². The molecule has 0 aromatic heterocycles. The molecule has 0 amide bonds. The number of carbonyl (C=O) groups excluding carboxylic acids is 1. The van der Waals surface area contributed by atoms with Crippen LogP contribution in [0.3, 0.4) is 0 Å². The number of hydrogen-bond donors (Lipinski definition) is 1. The summed E-state index contributed by atoms with van der Waals surface area (Å²) in [7, 11) is -3.13. The summed E-state index contributed by atoms with van der Waals surface area (Å²) >= 11 is 0. The summed E-state index contributed by atoms with van der Waals surface area (Å²) in [5.74, 6) is -0.917. The van der Waals surface area contributed by atoms with E-state index in [1.807, 2.05) is 0 Å². The molecule has 0 heterocycles. The molecule has 0 bridgehead atoms. The lowest BCUT2D eigenvalue weighted by molar-refractivity contribution is -0.129. The first-order chi connectivity index (χ1) is 5.57. The Hall–Kier alpha value is -1.04. The van der Waals surface area contributed by atoms with Crippen LogP contribution < -0.4 is 0 Å². The van der Waals surface area contributed by atoms with Gasteiger partial charge in [-0.15, -0.1) is 0 Å². The molecule has 0 saturated heterocycles. The lowest BCUT2D eigenvalue weighted by atomic mass is 10.3. The molecule has 0 radical (unpaired) electrons. The van der Waals surface area contributed by atoms with Gasteiger partial charge >= 0.3 is 17.0 Å². The van der Waals surface area contributed by atoms with E-state index >= 15 is 0 Å². The van der Waals surface area contributed by atoms with Crippen LogP contribution >= 0.6 is 0 Å². The van der Waals surface area contributed by atoms with Gasteiger partial charge in [0.1, 0.15) is 0 Å². The highest BCUT2D eigenvalue weighted by atomic mass is 32.2. The molecule has 70 valence electrons. The van der Waals surface area contributed by atoms with Crippen molar-refractivity contribution in [2.75, 3.05) is 6.61 Å². The summed E-state index contributed by atoms with van der Waals surface area (Å²) in [4.78, 5) is 10.7. The molecule has 0 unspecified atom stereocenters. The van der Waals surface area contributed by atoms with Crippen molar-refractivity contribution in [1.29, 1.82) is 0 Å². The number of rotatable bonds is 4. The largest absolute Gasteiger partial charge is 0.501 e. The van der Waals surface area contributed by atoms with Crippen LogP contribution in [-0.4, -0.2) is 21.0 Å². The fourth-order valence-corrected chi connectivity index (χ4v) is 0.676. The van der Waals surface area contributed by atoms with Gasteiger partial charge in [-0.25, -0.2) is 4.79 Å². The molecule has 0 saturated carbocycles. The lowest BCUT2D eigenvalue weighted by Crippen LogP contribution is -2.04. The van der Waals surface area contributed by atoms with Crippen molar-refractivity contribution in [1.82, 2.24) is 0 Å². The molecule has 0 aromatic rings. The van der Waals surface area contributed by atoms with Crippen LogP contribution in [0.1, 0.15) is 13.8 Å². The third-order valence-electron chi connectivity index (χ3n) is 0.906. The van der Waals surface area contributed by atoms with E-state index in [0.717, 1.165) is 6.26 Å².